The predicted octanol–water partition coefficient (Wildman–Crippen LogP) is 2.03. The molecule has 0 bridgehead atoms. The van der Waals surface area contributed by atoms with Gasteiger partial charge in [0.05, 0.1) is 0 Å². The van der Waals surface area contributed by atoms with E-state index in [9.17, 15) is 0 Å². The van der Waals surface area contributed by atoms with Gasteiger partial charge in [0.1, 0.15) is 0 Å². The lowest BCUT2D eigenvalue weighted by Crippen LogP contribution is -2.30. The fraction of sp³-hybridized carbons (Fsp3) is 0.100. The zero-order valence-corrected chi connectivity index (χ0v) is 9.73. The first-order chi connectivity index (χ1) is 7.13. The molecule has 15 heavy (non-hydrogen) atoms. The molecular weight excluding hydrogens is 226 g/mol. The molecule has 1 N–H and O–H groups in total. The van der Waals surface area contributed by atoms with Crippen molar-refractivity contribution in [3.63, 3.8) is 0 Å². The van der Waals surface area contributed by atoms with Gasteiger partial charge >= 0.3 is 0 Å². The topological polar surface area (TPSA) is 30.3 Å². The molecule has 1 aliphatic heterocycles. The largest absolute Gasteiger partial charge is 0.309 e. The fourth-order valence-corrected chi connectivity index (χ4v) is 1.93. The van der Waals surface area contributed by atoms with E-state index in [1.807, 2.05) is 30.3 Å². The molecule has 1 saturated heterocycles. The van der Waals surface area contributed by atoms with Gasteiger partial charge in [-0.05, 0) is 24.4 Å². The normalized spacial score (nSPS) is 16.5. The number of thiocarbonyl (C=S) groups is 2. The Labute approximate surface area is 98.8 Å². The van der Waals surface area contributed by atoms with Gasteiger partial charge in [0, 0.05) is 12.7 Å². The molecule has 76 valence electrons. The number of hydrogen-bond donors (Lipinski definition) is 1. The number of para-hydroxylation sites is 1. The van der Waals surface area contributed by atoms with Crippen molar-refractivity contribution >= 4 is 46.1 Å². The summed E-state index contributed by atoms with van der Waals surface area (Å²) in [6, 6.07) is 9.55. The molecule has 0 spiro atoms. The molecule has 3 nitrogen and oxygen atoms in total. The third-order valence-corrected chi connectivity index (χ3v) is 3.15. The molecule has 1 aliphatic rings. The first-order valence-electron chi connectivity index (χ1n) is 4.38. The minimum Gasteiger partial charge on any atom is -0.309 e. The summed E-state index contributed by atoms with van der Waals surface area (Å²) in [5.74, 6) is 0.267. The third kappa shape index (κ3) is 1.53. The molecule has 0 atom stereocenters. The minimum atomic E-state index is 0.267. The zero-order valence-electron chi connectivity index (χ0n) is 8.10. The number of amidine groups is 1. The third-order valence-electron chi connectivity index (χ3n) is 2.22. The highest BCUT2D eigenvalue weighted by atomic mass is 32.1. The van der Waals surface area contributed by atoms with Gasteiger partial charge < -0.3 is 4.90 Å². The fourth-order valence-electron chi connectivity index (χ4n) is 1.40. The second kappa shape index (κ2) is 3.67. The van der Waals surface area contributed by atoms with Gasteiger partial charge in [0.25, 0.3) is 0 Å². The van der Waals surface area contributed by atoms with E-state index in [-0.39, 0.29) is 5.84 Å². The van der Waals surface area contributed by atoms with E-state index >= 15 is 0 Å². The summed E-state index contributed by atoms with van der Waals surface area (Å²) in [5.41, 5.74) is 0.874. The number of rotatable bonds is 1. The highest BCUT2D eigenvalue weighted by molar-refractivity contribution is 7.83. The van der Waals surface area contributed by atoms with Crippen LogP contribution in [0.15, 0.2) is 30.3 Å². The lowest BCUT2D eigenvalue weighted by molar-refractivity contribution is 0.800. The van der Waals surface area contributed by atoms with Crippen molar-refractivity contribution < 1.29 is 0 Å². The van der Waals surface area contributed by atoms with E-state index in [0.29, 0.717) is 10.1 Å². The predicted molar refractivity (Wildman–Crippen MR) is 69.6 cm³/mol. The van der Waals surface area contributed by atoms with Crippen LogP contribution >= 0.6 is 24.4 Å². The number of anilines is 1. The lowest BCUT2D eigenvalue weighted by Gasteiger charge is -2.17. The van der Waals surface area contributed by atoms with Crippen molar-refractivity contribution in [2.45, 2.75) is 0 Å². The van der Waals surface area contributed by atoms with Gasteiger partial charge in [0.15, 0.2) is 15.9 Å². The molecule has 1 aromatic rings. The lowest BCUT2D eigenvalue weighted by atomic mass is 10.3. The standard InChI is InChI=1S/C10H9N3S2/c1-12-9(14)8(11)13(10(12)15)7-5-3-2-4-6-7/h2-6,11H,1H3. The van der Waals surface area contributed by atoms with Gasteiger partial charge in [-0.25, -0.2) is 0 Å². The molecule has 0 aliphatic carbocycles. The van der Waals surface area contributed by atoms with Crippen LogP contribution in [0.25, 0.3) is 0 Å². The summed E-state index contributed by atoms with van der Waals surface area (Å²) in [7, 11) is 1.78. The highest BCUT2D eigenvalue weighted by Gasteiger charge is 2.33. The first-order valence-corrected chi connectivity index (χ1v) is 5.20. The van der Waals surface area contributed by atoms with Crippen LogP contribution in [0.3, 0.4) is 0 Å². The summed E-state index contributed by atoms with van der Waals surface area (Å²) in [6.45, 7) is 0. The molecule has 1 aromatic carbocycles. The number of likely N-dealkylation sites (N-methyl/N-ethyl adjacent to an activating group) is 1. The van der Waals surface area contributed by atoms with Crippen molar-refractivity contribution in [2.75, 3.05) is 11.9 Å². The highest BCUT2D eigenvalue weighted by Crippen LogP contribution is 2.21. The van der Waals surface area contributed by atoms with Gasteiger partial charge in [-0.1, -0.05) is 30.4 Å². The van der Waals surface area contributed by atoms with Crippen molar-refractivity contribution in [3.05, 3.63) is 30.3 Å². The zero-order chi connectivity index (χ0) is 11.0. The summed E-state index contributed by atoms with van der Waals surface area (Å²) in [6.07, 6.45) is 0. The summed E-state index contributed by atoms with van der Waals surface area (Å²) in [4.78, 5) is 3.79. The van der Waals surface area contributed by atoms with Crippen LogP contribution in [0.1, 0.15) is 0 Å². The van der Waals surface area contributed by atoms with Crippen molar-refractivity contribution in [2.24, 2.45) is 0 Å². The maximum Gasteiger partial charge on any atom is 0.187 e. The average molecular weight is 235 g/mol. The van der Waals surface area contributed by atoms with E-state index in [4.69, 9.17) is 29.8 Å². The summed E-state index contributed by atoms with van der Waals surface area (Å²) < 4.78 is 0. The Hall–Kier alpha value is -1.33. The molecule has 0 aromatic heterocycles. The van der Waals surface area contributed by atoms with Gasteiger partial charge in [-0.2, -0.15) is 0 Å². The average Bonchev–Trinajstić information content (AvgIpc) is 2.45. The van der Waals surface area contributed by atoms with Crippen LogP contribution in [-0.2, 0) is 0 Å². The van der Waals surface area contributed by atoms with E-state index in [2.05, 4.69) is 0 Å². The van der Waals surface area contributed by atoms with Crippen molar-refractivity contribution in [1.82, 2.24) is 4.90 Å². The minimum absolute atomic E-state index is 0.267. The molecule has 1 fully saturated rings. The van der Waals surface area contributed by atoms with E-state index in [1.54, 1.807) is 16.8 Å². The molecular formula is C10H9N3S2. The van der Waals surface area contributed by atoms with E-state index in [1.165, 1.54) is 0 Å². The van der Waals surface area contributed by atoms with Crippen LogP contribution < -0.4 is 4.90 Å². The molecule has 0 radical (unpaired) electrons. The second-order valence-electron chi connectivity index (χ2n) is 3.17. The maximum atomic E-state index is 7.87. The molecule has 0 unspecified atom stereocenters. The Morgan fingerprint density at radius 3 is 2.20 bits per heavy atom. The molecule has 0 saturated carbocycles. The Morgan fingerprint density at radius 1 is 1.13 bits per heavy atom. The van der Waals surface area contributed by atoms with Crippen LogP contribution in [0.5, 0.6) is 0 Å². The Bertz CT molecular complexity index is 441. The Kier molecular flexibility index (Phi) is 2.50. The molecule has 0 amide bonds. The Morgan fingerprint density at radius 2 is 1.73 bits per heavy atom. The molecule has 1 heterocycles. The van der Waals surface area contributed by atoms with Crippen LogP contribution in [-0.4, -0.2) is 27.9 Å². The van der Waals surface area contributed by atoms with E-state index < -0.39 is 0 Å². The SMILES string of the molecule is CN1C(=S)C(=N)N(c2ccccc2)C1=S. The maximum absolute atomic E-state index is 7.87. The van der Waals surface area contributed by atoms with Crippen LogP contribution in [0.2, 0.25) is 0 Å². The summed E-state index contributed by atoms with van der Waals surface area (Å²) in [5, 5.41) is 8.42. The quantitative estimate of drug-likeness (QED) is 0.754. The smallest absolute Gasteiger partial charge is 0.187 e. The van der Waals surface area contributed by atoms with Gasteiger partial charge in [0.2, 0.25) is 0 Å². The molecule has 2 rings (SSSR count). The monoisotopic (exact) mass is 235 g/mol. The number of nitrogens with one attached hydrogen (secondary N) is 1. The van der Waals surface area contributed by atoms with Crippen LogP contribution in [0, 0.1) is 5.41 Å². The van der Waals surface area contributed by atoms with Gasteiger partial charge in [-0.15, -0.1) is 0 Å². The summed E-state index contributed by atoms with van der Waals surface area (Å²) >= 11 is 10.3. The number of hydrogen-bond acceptors (Lipinski definition) is 3. The molecule has 5 heteroatoms. The van der Waals surface area contributed by atoms with E-state index in [0.717, 1.165) is 5.69 Å². The second-order valence-corrected chi connectivity index (χ2v) is 3.92. The van der Waals surface area contributed by atoms with Crippen molar-refractivity contribution in [3.8, 4) is 0 Å². The Balaban J connectivity index is 2.44. The number of nitrogens with zero attached hydrogens (tertiary/aromatic N) is 2. The van der Waals surface area contributed by atoms with Crippen molar-refractivity contribution in [1.29, 1.82) is 5.41 Å². The van der Waals surface area contributed by atoms with Gasteiger partial charge in [-0.3, -0.25) is 10.3 Å². The number of benzene rings is 1. The van der Waals surface area contributed by atoms with Crippen LogP contribution in [0.4, 0.5) is 5.69 Å². The first kappa shape index (κ1) is 10.2.